The number of aromatic amines is 2. The number of H-pyrrole nitrogens is 2. The van der Waals surface area contributed by atoms with Crippen molar-refractivity contribution < 1.29 is 96.8 Å². The highest BCUT2D eigenvalue weighted by Gasteiger charge is 2.45. The molecule has 3 aromatic carbocycles. The minimum absolute atomic E-state index is 0.0253. The molecular weight excluding hydrogens is 1450 g/mol. The first-order valence-corrected chi connectivity index (χ1v) is 39.1. The third kappa shape index (κ3) is 25.5. The predicted molar refractivity (Wildman–Crippen MR) is 380 cm³/mol. The minimum atomic E-state index is -3.87. The van der Waals surface area contributed by atoms with Crippen LogP contribution in [0.15, 0.2) is 150 Å². The van der Waals surface area contributed by atoms with Gasteiger partial charge in [0.05, 0.1) is 92.7 Å². The molecule has 102 heavy (non-hydrogen) atoms. The number of thiocarbonyl (C=S) groups is 1. The summed E-state index contributed by atoms with van der Waals surface area (Å²) >= 11 is 15.0. The summed E-state index contributed by atoms with van der Waals surface area (Å²) in [5.41, 5.74) is -1.00. The molecule has 0 amide bonds. The summed E-state index contributed by atoms with van der Waals surface area (Å²) in [6, 6.07) is 28.0. The van der Waals surface area contributed by atoms with Crippen molar-refractivity contribution in [1.82, 2.24) is 29.3 Å². The molecule has 3 fully saturated rings. The molecule has 5 aromatic rings. The van der Waals surface area contributed by atoms with E-state index in [1.807, 2.05) is 0 Å². The number of aromatic nitrogens is 4. The van der Waals surface area contributed by atoms with Crippen molar-refractivity contribution in [2.24, 2.45) is 17.8 Å². The minimum Gasteiger partial charge on any atom is -0.463 e. The van der Waals surface area contributed by atoms with Crippen LogP contribution in [0.3, 0.4) is 0 Å². The van der Waals surface area contributed by atoms with Crippen LogP contribution in [0.4, 0.5) is 13.2 Å². The van der Waals surface area contributed by atoms with Crippen LogP contribution in [0.5, 0.6) is 17.2 Å². The molecule has 4 aliphatic rings. The number of nitrogens with zero attached hydrogens (tertiary/aromatic N) is 3. The smallest absolute Gasteiger partial charge is 0.380 e. The molecule has 0 bridgehead atoms. The Bertz CT molecular complexity index is 3890. The van der Waals surface area contributed by atoms with E-state index in [-0.39, 0.29) is 85.3 Å². The largest absolute Gasteiger partial charge is 0.463 e. The summed E-state index contributed by atoms with van der Waals surface area (Å²) in [5, 5.41) is 2.86. The number of carbonyl (C=O) groups excluding carboxylic acids is 3. The van der Waals surface area contributed by atoms with Gasteiger partial charge in [0.25, 0.3) is 5.56 Å². The fourth-order valence-electron chi connectivity index (χ4n) is 10.3. The van der Waals surface area contributed by atoms with Gasteiger partial charge in [0.15, 0.2) is 23.5 Å². The van der Waals surface area contributed by atoms with Crippen molar-refractivity contribution in [3.8, 4) is 17.2 Å². The third-order valence-electron chi connectivity index (χ3n) is 15.0. The number of ether oxygens (including phenoxy) is 6. The Morgan fingerprint density at radius 2 is 0.882 bits per heavy atom. The third-order valence-corrected chi connectivity index (χ3v) is 21.8. The normalized spacial score (nSPS) is 23.6. The standard InChI is InChI=1S/C23H30FN2O6PS.2C22H28FN2O7PS/c1-15(2)30-23(27)16(3)14-33(28,32-18-8-6-5-7-9-18)29-13-19-12-20(24)22(31-19)26-11-10-21(34)25-17(26)4;1-14(2)30-21(26)15(3)13-33(28,32-16-7-5-4-6-8-16)29-12-17-11-18(23)20(31-17)25-10-9-19(34)24-22(25)27;1-14(2)30-21(27)15(3)13-33(28,32-16-7-5-4-6-8-16)29-12-17-11-18(23)20(31-17)25-10-9-19(26)24-22(25)34/h5-11,15-16,19-20,22H,4,12-14H2,1-3H3,(H,25,34);4-10,14-15,17-18,20H,11-13H2,1-3H3,(H,24,27,34);4-10,14-15,17-18,20H,11-13H2,1-3H3,(H,24,26,34)/t16-,19+,20?,22-,33?;2*15-,17+,18?,20-,33?/m111/s1. The number of hydrogen-bond donors (Lipinski definition) is 3. The van der Waals surface area contributed by atoms with Crippen LogP contribution in [0.1, 0.15) is 94.0 Å². The Morgan fingerprint density at radius 3 is 1.24 bits per heavy atom. The van der Waals surface area contributed by atoms with Gasteiger partial charge in [0.1, 0.15) is 51.2 Å². The Labute approximate surface area is 604 Å². The van der Waals surface area contributed by atoms with Crippen LogP contribution in [0, 0.1) is 27.2 Å². The molecule has 15 atom stereocenters. The molecule has 3 saturated heterocycles. The van der Waals surface area contributed by atoms with Crippen molar-refractivity contribution in [2.45, 2.75) is 155 Å². The number of hydrogen-bond acceptors (Lipinski definition) is 24. The van der Waals surface area contributed by atoms with Crippen LogP contribution in [-0.4, -0.2) is 147 Å². The highest BCUT2D eigenvalue weighted by atomic mass is 32.1. The lowest BCUT2D eigenvalue weighted by atomic mass is 10.2. The number of carbonyl (C=O) groups is 3. The van der Waals surface area contributed by atoms with E-state index in [2.05, 4.69) is 21.9 Å². The van der Waals surface area contributed by atoms with Gasteiger partial charge in [-0.2, -0.15) is 0 Å². The fraction of sp³-hybridized carbons (Fsp3) is 0.493. The topological polar surface area (TPSA) is 304 Å². The molecule has 0 spiro atoms. The zero-order chi connectivity index (χ0) is 74.6. The maximum Gasteiger partial charge on any atom is 0.380 e. The molecule has 2 aromatic heterocycles. The molecule has 6 heterocycles. The first kappa shape index (κ1) is 82.4. The monoisotopic (exact) mass is 1540 g/mol. The molecule has 558 valence electrons. The Balaban J connectivity index is 0.000000214. The molecule has 0 saturated carbocycles. The Kier molecular flexibility index (Phi) is 30.8. The lowest BCUT2D eigenvalue weighted by Crippen LogP contribution is -2.43. The molecule has 6 unspecified atom stereocenters. The lowest BCUT2D eigenvalue weighted by Gasteiger charge is -2.32. The van der Waals surface area contributed by atoms with E-state index in [4.69, 9.17) is 92.2 Å². The molecule has 0 radical (unpaired) electrons. The number of esters is 3. The average molecular weight is 1540 g/mol. The van der Waals surface area contributed by atoms with Crippen molar-refractivity contribution in [2.75, 3.05) is 38.3 Å². The van der Waals surface area contributed by atoms with Gasteiger partial charge in [-0.15, -0.1) is 0 Å². The number of rotatable bonds is 30. The van der Waals surface area contributed by atoms with Crippen molar-refractivity contribution >= 4 is 82.3 Å². The summed E-state index contributed by atoms with van der Waals surface area (Å²) in [5.74, 6) is -2.48. The van der Waals surface area contributed by atoms with Gasteiger partial charge in [0, 0.05) is 43.9 Å². The van der Waals surface area contributed by atoms with Gasteiger partial charge < -0.3 is 52.2 Å². The summed E-state index contributed by atoms with van der Waals surface area (Å²) in [7, 11) is -11.5. The highest BCUT2D eigenvalue weighted by Crippen LogP contribution is 2.53. The highest BCUT2D eigenvalue weighted by molar-refractivity contribution is 7.80. The zero-order valence-corrected chi connectivity index (χ0v) is 62.7. The first-order valence-electron chi connectivity index (χ1n) is 32.7. The maximum absolute atomic E-state index is 14.8. The van der Waals surface area contributed by atoms with Crippen LogP contribution >= 0.6 is 59.4 Å². The molecular formula is C67H86F3N6O20P3S3. The molecule has 26 nitrogen and oxygen atoms in total. The number of halogens is 3. The second kappa shape index (κ2) is 38.2. The predicted octanol–water partition coefficient (Wildman–Crippen LogP) is 13.3. The molecule has 0 aliphatic carbocycles. The van der Waals surface area contributed by atoms with Crippen LogP contribution in [-0.2, 0) is 70.1 Å². The fourth-order valence-corrected chi connectivity index (χ4v) is 16.5. The molecule has 9 rings (SSSR count). The second-order valence-electron chi connectivity index (χ2n) is 25.0. The van der Waals surface area contributed by atoms with E-state index in [1.54, 1.807) is 166 Å². The number of alkyl halides is 3. The SMILES string of the molecule is C=C1NC(=S)C=CN1[C@@H]1O[C@H](COP(=O)(C[C@@H](C)C(=O)OC(C)C)Oc2ccccc2)CC1F.CC(C)OC(=O)[C@H](C)CP(=O)(OC[C@@H]1CC(F)[C@H](n2ccc(=O)[nH]c2=S)O1)Oc1ccccc1.CC(C)OC(=O)[C@H](C)CP(=O)(OC[C@@H]1CC(F)[C@H](n2ccc(=S)[nH]c2=O)O1)Oc1ccccc1. The van der Waals surface area contributed by atoms with Gasteiger partial charge in [-0.1, -0.05) is 106 Å². The van der Waals surface area contributed by atoms with Crippen molar-refractivity contribution in [1.29, 1.82) is 0 Å². The van der Waals surface area contributed by atoms with E-state index in [0.717, 1.165) is 4.57 Å². The summed E-state index contributed by atoms with van der Waals surface area (Å²) in [6.45, 7) is 18.3. The van der Waals surface area contributed by atoms with Crippen LogP contribution in [0.2, 0.25) is 0 Å². The summed E-state index contributed by atoms with van der Waals surface area (Å²) < 4.78 is 155. The van der Waals surface area contributed by atoms with Crippen molar-refractivity contribution in [3.63, 3.8) is 0 Å². The molecule has 35 heteroatoms. The van der Waals surface area contributed by atoms with Gasteiger partial charge in [-0.05, 0) is 102 Å². The quantitative estimate of drug-likeness (QED) is 0.0166. The van der Waals surface area contributed by atoms with Crippen LogP contribution < -0.4 is 30.1 Å². The second-order valence-corrected chi connectivity index (χ2v) is 32.4. The Morgan fingerprint density at radius 1 is 0.529 bits per heavy atom. The number of benzene rings is 3. The van der Waals surface area contributed by atoms with E-state index in [9.17, 15) is 50.8 Å². The van der Waals surface area contributed by atoms with E-state index < -0.39 is 125 Å². The van der Waals surface area contributed by atoms with Gasteiger partial charge in [0.2, 0.25) is 0 Å². The molecule has 4 aliphatic heterocycles. The van der Waals surface area contributed by atoms with Crippen molar-refractivity contribution in [3.05, 3.63) is 170 Å². The number of para-hydroxylation sites is 3. The van der Waals surface area contributed by atoms with Crippen LogP contribution in [0.25, 0.3) is 0 Å². The zero-order valence-electron chi connectivity index (χ0n) is 57.6. The van der Waals surface area contributed by atoms with Gasteiger partial charge >= 0.3 is 46.4 Å². The lowest BCUT2D eigenvalue weighted by molar-refractivity contribution is -0.152. The summed E-state index contributed by atoms with van der Waals surface area (Å²) in [4.78, 5) is 67.2. The molecule has 3 N–H and O–H groups in total. The van der Waals surface area contributed by atoms with E-state index >= 15 is 0 Å². The van der Waals surface area contributed by atoms with E-state index in [0.29, 0.717) is 28.1 Å². The number of nitrogens with one attached hydrogen (secondary N) is 3. The van der Waals surface area contributed by atoms with Gasteiger partial charge in [-0.3, -0.25) is 51.9 Å². The average Bonchev–Trinajstić information content (AvgIpc) is 1.62. The first-order chi connectivity index (χ1) is 48.2. The maximum atomic E-state index is 14.8. The van der Waals surface area contributed by atoms with Gasteiger partial charge in [-0.25, -0.2) is 31.7 Å². The van der Waals surface area contributed by atoms with E-state index in [1.165, 1.54) is 34.0 Å². The summed E-state index contributed by atoms with van der Waals surface area (Å²) in [6.07, 6.45) is -5.44. The Hall–Kier alpha value is -6.92.